The molecule has 0 radical (unpaired) electrons. The van der Waals surface area contributed by atoms with Crippen LogP contribution in [0.4, 0.5) is 0 Å². The first kappa shape index (κ1) is 27.9. The van der Waals surface area contributed by atoms with Gasteiger partial charge in [0.15, 0.2) is 5.16 Å². The van der Waals surface area contributed by atoms with Crippen LogP contribution >= 0.6 is 23.4 Å². The van der Waals surface area contributed by atoms with Crippen molar-refractivity contribution in [2.45, 2.75) is 45.3 Å². The summed E-state index contributed by atoms with van der Waals surface area (Å²) in [6.07, 6.45) is 1.87. The number of benzene rings is 2. The number of halogens is 1. The van der Waals surface area contributed by atoms with E-state index < -0.39 is 5.41 Å². The molecule has 36 heavy (non-hydrogen) atoms. The predicted molar refractivity (Wildman–Crippen MR) is 149 cm³/mol. The Morgan fingerprint density at radius 1 is 1.00 bits per heavy atom. The second-order valence-corrected chi connectivity index (χ2v) is 10.5. The van der Waals surface area contributed by atoms with E-state index in [0.717, 1.165) is 64.3 Å². The molecule has 0 saturated carbocycles. The van der Waals surface area contributed by atoms with Crippen molar-refractivity contribution >= 4 is 29.3 Å². The van der Waals surface area contributed by atoms with Crippen LogP contribution in [0.25, 0.3) is 22.5 Å². The summed E-state index contributed by atoms with van der Waals surface area (Å²) >= 11 is 7.64. The van der Waals surface area contributed by atoms with Crippen LogP contribution in [0.15, 0.2) is 53.7 Å². The normalized spacial score (nSPS) is 11.4. The van der Waals surface area contributed by atoms with Crippen LogP contribution in [-0.4, -0.2) is 47.9 Å². The first-order chi connectivity index (χ1) is 17.3. The number of nitrogens with zero attached hydrogens (tertiary/aromatic N) is 2. The van der Waals surface area contributed by atoms with Crippen molar-refractivity contribution < 1.29 is 14.3 Å². The summed E-state index contributed by atoms with van der Waals surface area (Å²) in [5, 5.41) is 3.98. The zero-order chi connectivity index (χ0) is 26.1. The third-order valence-electron chi connectivity index (χ3n) is 6.01. The Hall–Kier alpha value is -2.64. The molecule has 1 amide bonds. The van der Waals surface area contributed by atoms with Gasteiger partial charge in [0.2, 0.25) is 5.91 Å². The first-order valence-corrected chi connectivity index (χ1v) is 13.7. The van der Waals surface area contributed by atoms with E-state index in [4.69, 9.17) is 26.1 Å². The molecule has 0 aliphatic carbocycles. The average molecular weight is 530 g/mol. The summed E-state index contributed by atoms with van der Waals surface area (Å²) < 4.78 is 13.0. The number of imidazole rings is 1. The molecule has 3 aromatic rings. The first-order valence-electron chi connectivity index (χ1n) is 12.2. The van der Waals surface area contributed by atoms with Gasteiger partial charge in [-0.3, -0.25) is 4.79 Å². The van der Waals surface area contributed by atoms with Crippen LogP contribution < -0.4 is 14.8 Å². The summed E-state index contributed by atoms with van der Waals surface area (Å²) in [6.45, 7) is 7.31. The van der Waals surface area contributed by atoms with Gasteiger partial charge in [-0.05, 0) is 82.1 Å². The third kappa shape index (κ3) is 6.77. The van der Waals surface area contributed by atoms with Gasteiger partial charge in [0.1, 0.15) is 11.5 Å². The fourth-order valence-corrected chi connectivity index (χ4v) is 4.90. The molecule has 0 saturated heterocycles. The largest absolute Gasteiger partial charge is 0.497 e. The van der Waals surface area contributed by atoms with Crippen LogP contribution in [0, 0.1) is 5.41 Å². The van der Waals surface area contributed by atoms with Gasteiger partial charge in [0.25, 0.3) is 0 Å². The molecule has 8 heteroatoms. The van der Waals surface area contributed by atoms with Crippen molar-refractivity contribution in [3.63, 3.8) is 0 Å². The number of hydrogen-bond donors (Lipinski definition) is 1. The highest BCUT2D eigenvalue weighted by atomic mass is 35.5. The number of carbonyl (C=O) groups excluding carboxylic acids is 1. The lowest BCUT2D eigenvalue weighted by Gasteiger charge is -2.20. The van der Waals surface area contributed by atoms with Crippen molar-refractivity contribution in [1.82, 2.24) is 14.9 Å². The second kappa shape index (κ2) is 13.1. The summed E-state index contributed by atoms with van der Waals surface area (Å²) in [7, 11) is 3.34. The average Bonchev–Trinajstić information content (AvgIpc) is 3.28. The number of rotatable bonds is 13. The maximum absolute atomic E-state index is 12.2. The number of amides is 1. The molecule has 0 aliphatic rings. The second-order valence-electron chi connectivity index (χ2n) is 9.12. The van der Waals surface area contributed by atoms with Crippen LogP contribution in [0.2, 0.25) is 0 Å². The SMILES string of the molecule is CCn1c(SCCCCNC(=O)C(C)(C)CCl)nc(-c2ccc(OC)cc2)c1-c1ccc(OC)cc1. The highest BCUT2D eigenvalue weighted by molar-refractivity contribution is 7.99. The third-order valence-corrected chi connectivity index (χ3v) is 7.74. The highest BCUT2D eigenvalue weighted by Crippen LogP contribution is 2.37. The number of aromatic nitrogens is 2. The Labute approximate surface area is 223 Å². The molecule has 1 aromatic heterocycles. The lowest BCUT2D eigenvalue weighted by molar-refractivity contribution is -0.128. The van der Waals surface area contributed by atoms with Gasteiger partial charge in [-0.25, -0.2) is 4.98 Å². The summed E-state index contributed by atoms with van der Waals surface area (Å²) in [5.74, 6) is 2.86. The van der Waals surface area contributed by atoms with E-state index >= 15 is 0 Å². The lowest BCUT2D eigenvalue weighted by Crippen LogP contribution is -2.38. The fraction of sp³-hybridized carbons (Fsp3) is 0.429. The van der Waals surface area contributed by atoms with Gasteiger partial charge < -0.3 is 19.4 Å². The molecular formula is C28H36ClN3O3S. The topological polar surface area (TPSA) is 65.4 Å². The Bertz CT molecular complexity index is 1130. The molecular weight excluding hydrogens is 494 g/mol. The molecule has 0 fully saturated rings. The van der Waals surface area contributed by atoms with E-state index in [0.29, 0.717) is 12.4 Å². The minimum Gasteiger partial charge on any atom is -0.497 e. The maximum Gasteiger partial charge on any atom is 0.226 e. The van der Waals surface area contributed by atoms with Crippen molar-refractivity contribution in [2.75, 3.05) is 32.4 Å². The number of hydrogen-bond acceptors (Lipinski definition) is 5. The van der Waals surface area contributed by atoms with E-state index in [1.807, 2.05) is 50.2 Å². The molecule has 1 N–H and O–H groups in total. The highest BCUT2D eigenvalue weighted by Gasteiger charge is 2.25. The molecule has 3 rings (SSSR count). The number of ether oxygens (including phenoxy) is 2. The molecule has 1 heterocycles. The van der Waals surface area contributed by atoms with E-state index in [9.17, 15) is 4.79 Å². The Morgan fingerprint density at radius 3 is 2.11 bits per heavy atom. The smallest absolute Gasteiger partial charge is 0.226 e. The molecule has 0 aliphatic heterocycles. The molecule has 6 nitrogen and oxygen atoms in total. The zero-order valence-electron chi connectivity index (χ0n) is 21.8. The number of carbonyl (C=O) groups is 1. The summed E-state index contributed by atoms with van der Waals surface area (Å²) in [5.41, 5.74) is 3.62. The van der Waals surface area contributed by atoms with Gasteiger partial charge in [0.05, 0.1) is 31.0 Å². The monoisotopic (exact) mass is 529 g/mol. The Balaban J connectivity index is 1.78. The molecule has 0 unspecified atom stereocenters. The molecule has 2 aromatic carbocycles. The van der Waals surface area contributed by atoms with Gasteiger partial charge in [0, 0.05) is 35.8 Å². The number of methoxy groups -OCH3 is 2. The molecule has 0 bridgehead atoms. The van der Waals surface area contributed by atoms with E-state index in [2.05, 4.69) is 28.9 Å². The van der Waals surface area contributed by atoms with Gasteiger partial charge >= 0.3 is 0 Å². The maximum atomic E-state index is 12.2. The van der Waals surface area contributed by atoms with Crippen LogP contribution in [0.1, 0.15) is 33.6 Å². The minimum atomic E-state index is -0.544. The van der Waals surface area contributed by atoms with Crippen LogP contribution in [0.5, 0.6) is 11.5 Å². The molecule has 0 atom stereocenters. The van der Waals surface area contributed by atoms with Crippen molar-refractivity contribution in [3.05, 3.63) is 48.5 Å². The van der Waals surface area contributed by atoms with Crippen LogP contribution in [0.3, 0.4) is 0 Å². The number of alkyl halides is 1. The van der Waals surface area contributed by atoms with Gasteiger partial charge in [-0.2, -0.15) is 0 Å². The van der Waals surface area contributed by atoms with E-state index in [1.165, 1.54) is 0 Å². The summed E-state index contributed by atoms with van der Waals surface area (Å²) in [6, 6.07) is 16.1. The molecule has 0 spiro atoms. The van der Waals surface area contributed by atoms with Gasteiger partial charge in [-0.1, -0.05) is 11.8 Å². The number of unbranched alkanes of at least 4 members (excludes halogenated alkanes) is 1. The zero-order valence-corrected chi connectivity index (χ0v) is 23.3. The van der Waals surface area contributed by atoms with Crippen molar-refractivity contribution in [3.8, 4) is 34.0 Å². The Morgan fingerprint density at radius 2 is 1.58 bits per heavy atom. The van der Waals surface area contributed by atoms with E-state index in [1.54, 1.807) is 26.0 Å². The van der Waals surface area contributed by atoms with Crippen molar-refractivity contribution in [1.29, 1.82) is 0 Å². The molecule has 194 valence electrons. The summed E-state index contributed by atoms with van der Waals surface area (Å²) in [4.78, 5) is 17.3. The minimum absolute atomic E-state index is 0.0000501. The van der Waals surface area contributed by atoms with E-state index in [-0.39, 0.29) is 5.91 Å². The number of thioether (sulfide) groups is 1. The number of nitrogens with one attached hydrogen (secondary N) is 1. The predicted octanol–water partition coefficient (Wildman–Crippen LogP) is 6.51. The lowest BCUT2D eigenvalue weighted by atomic mass is 9.95. The van der Waals surface area contributed by atoms with Crippen molar-refractivity contribution in [2.24, 2.45) is 5.41 Å². The fourth-order valence-electron chi connectivity index (χ4n) is 3.72. The Kier molecular flexibility index (Phi) is 10.1. The standard InChI is InChI=1S/C28H36ClN3O3S/c1-6-32-25(21-11-15-23(35-5)16-12-21)24(20-9-13-22(34-4)14-10-20)31-27(32)36-18-8-7-17-30-26(33)28(2,3)19-29/h9-16H,6-8,17-19H2,1-5H3,(H,30,33). The van der Waals surface area contributed by atoms with Crippen LogP contribution in [-0.2, 0) is 11.3 Å². The van der Waals surface area contributed by atoms with Gasteiger partial charge in [-0.15, -0.1) is 11.6 Å². The quantitative estimate of drug-likeness (QED) is 0.155.